The van der Waals surface area contributed by atoms with Crippen molar-refractivity contribution in [2.45, 2.75) is 102 Å². The molecule has 0 bridgehead atoms. The number of nitrogens with one attached hydrogen (secondary N) is 2. The zero-order valence-corrected chi connectivity index (χ0v) is 29.9. The number of aliphatic hydroxyl groups excluding tert-OH is 2. The number of carbonyl (C=O) groups is 1. The van der Waals surface area contributed by atoms with Gasteiger partial charge in [-0.1, -0.05) is 38.1 Å². The normalized spacial score (nSPS) is 20.9. The second-order valence-electron chi connectivity index (χ2n) is 13.2. The lowest BCUT2D eigenvalue weighted by atomic mass is 9.93. The summed E-state index contributed by atoms with van der Waals surface area (Å²) in [5, 5.41) is 28.1. The molecule has 2 fully saturated rings. The lowest BCUT2D eigenvalue weighted by Gasteiger charge is -2.27. The maximum absolute atomic E-state index is 11.0. The van der Waals surface area contributed by atoms with Crippen LogP contribution in [0.4, 0.5) is 11.9 Å². The average Bonchev–Trinajstić information content (AvgIpc) is 3.68. The predicted octanol–water partition coefficient (Wildman–Crippen LogP) is 7.70. The third-order valence-electron chi connectivity index (χ3n) is 9.64. The van der Waals surface area contributed by atoms with Crippen molar-refractivity contribution in [2.75, 3.05) is 23.7 Å². The summed E-state index contributed by atoms with van der Waals surface area (Å²) in [6.07, 6.45) is 17.9. The Morgan fingerprint density at radius 1 is 0.755 bits per heavy atom. The Kier molecular flexibility index (Phi) is 11.6. The fraction of sp³-hybridized carbons (Fsp3) is 0.486. The first kappa shape index (κ1) is 35.0. The van der Waals surface area contributed by atoms with Gasteiger partial charge in [-0.15, -0.1) is 0 Å². The van der Waals surface area contributed by atoms with Crippen molar-refractivity contribution >= 4 is 56.2 Å². The Balaban J connectivity index is 0.000000177. The molecule has 2 aliphatic rings. The van der Waals surface area contributed by atoms with E-state index in [2.05, 4.69) is 76.9 Å². The highest BCUT2D eigenvalue weighted by Gasteiger charge is 2.25. The van der Waals surface area contributed by atoms with Gasteiger partial charge in [0.15, 0.2) is 0 Å². The Morgan fingerprint density at radius 3 is 1.76 bits per heavy atom. The number of benzene rings is 1. The van der Waals surface area contributed by atoms with Crippen molar-refractivity contribution in [2.24, 2.45) is 0 Å². The van der Waals surface area contributed by atoms with Crippen molar-refractivity contribution in [3.63, 3.8) is 0 Å². The van der Waals surface area contributed by atoms with Gasteiger partial charge in [0.05, 0.1) is 17.6 Å². The maximum atomic E-state index is 11.0. The molecule has 260 valence electrons. The van der Waals surface area contributed by atoms with E-state index < -0.39 is 0 Å². The van der Waals surface area contributed by atoms with E-state index in [0.717, 1.165) is 121 Å². The van der Waals surface area contributed by atoms with E-state index in [0.29, 0.717) is 29.5 Å². The summed E-state index contributed by atoms with van der Waals surface area (Å²) in [4.78, 5) is 29.3. The molecule has 7 rings (SSSR count). The molecule has 0 aliphatic heterocycles. The topological polar surface area (TPSA) is 143 Å². The molecule has 12 heteroatoms. The largest absolute Gasteiger partial charge is 0.393 e. The highest BCUT2D eigenvalue weighted by molar-refractivity contribution is 9.10. The minimum atomic E-state index is -0.190. The van der Waals surface area contributed by atoms with E-state index >= 15 is 0 Å². The number of rotatable bonds is 10. The first-order chi connectivity index (χ1) is 23.9. The standard InChI is InChI=1S/C22H26N4O2.C15H21BrN4O/c1-2-11-23-22-24-12-19-20(16-5-3-15(14-27)4-6-16)13-26(21(19)25-22)17-7-9-18(28)10-8-17;1-2-7-17-15-18-8-12-13(16)9-20(14(12)19-15)10-3-5-11(21)6-4-10/h3-6,12-14,17-18,28H,2,7-11H2,1H3,(H,23,24,25);8-11,21H,2-7H2,1H3,(H,17,18,19). The highest BCUT2D eigenvalue weighted by Crippen LogP contribution is 2.37. The van der Waals surface area contributed by atoms with Crippen LogP contribution in [-0.4, -0.2) is 70.9 Å². The molecule has 2 saturated carbocycles. The Labute approximate surface area is 295 Å². The maximum Gasteiger partial charge on any atom is 0.224 e. The summed E-state index contributed by atoms with van der Waals surface area (Å²) < 4.78 is 5.53. The van der Waals surface area contributed by atoms with E-state index in [1.165, 1.54) is 0 Å². The van der Waals surface area contributed by atoms with Crippen LogP contribution in [0.5, 0.6) is 0 Å². The molecule has 0 spiro atoms. The molecule has 1 aromatic carbocycles. The first-order valence-electron chi connectivity index (χ1n) is 17.7. The van der Waals surface area contributed by atoms with Crippen molar-refractivity contribution in [1.29, 1.82) is 0 Å². The van der Waals surface area contributed by atoms with Crippen LogP contribution in [0.2, 0.25) is 0 Å². The van der Waals surface area contributed by atoms with Gasteiger partial charge in [-0.25, -0.2) is 9.97 Å². The number of aldehydes is 1. The Bertz CT molecular complexity index is 1840. The Morgan fingerprint density at radius 2 is 1.24 bits per heavy atom. The molecular formula is C37H47BrN8O3. The van der Waals surface area contributed by atoms with E-state index in [1.54, 1.807) is 0 Å². The lowest BCUT2D eigenvalue weighted by molar-refractivity contribution is 0.111. The lowest BCUT2D eigenvalue weighted by Crippen LogP contribution is -2.20. The molecule has 0 amide bonds. The van der Waals surface area contributed by atoms with E-state index in [-0.39, 0.29) is 12.2 Å². The fourth-order valence-electron chi connectivity index (χ4n) is 6.87. The van der Waals surface area contributed by atoms with Crippen LogP contribution in [0.25, 0.3) is 33.2 Å². The van der Waals surface area contributed by atoms with Crippen LogP contribution in [0.3, 0.4) is 0 Å². The molecule has 0 radical (unpaired) electrons. The summed E-state index contributed by atoms with van der Waals surface area (Å²) in [7, 11) is 0. The smallest absolute Gasteiger partial charge is 0.224 e. The molecule has 0 saturated heterocycles. The third-order valence-corrected chi connectivity index (χ3v) is 10.3. The van der Waals surface area contributed by atoms with Gasteiger partial charge < -0.3 is 30.0 Å². The SMILES string of the molecule is CCCNc1ncc2c(-c3ccc(C=O)cc3)cn(C3CCC(O)CC3)c2n1.CCCNc1ncc2c(Br)cn(C3CCC(O)CC3)c2n1. The van der Waals surface area contributed by atoms with Crippen molar-refractivity contribution in [3.05, 3.63) is 59.1 Å². The van der Waals surface area contributed by atoms with Gasteiger partial charge in [0.1, 0.15) is 17.6 Å². The third kappa shape index (κ3) is 8.13. The summed E-state index contributed by atoms with van der Waals surface area (Å²) in [6, 6.07) is 8.34. The summed E-state index contributed by atoms with van der Waals surface area (Å²) in [5.74, 6) is 1.33. The molecule has 0 unspecified atom stereocenters. The van der Waals surface area contributed by atoms with Crippen molar-refractivity contribution in [3.8, 4) is 11.1 Å². The second-order valence-corrected chi connectivity index (χ2v) is 14.1. The minimum Gasteiger partial charge on any atom is -0.393 e. The zero-order valence-electron chi connectivity index (χ0n) is 28.4. The Hall–Kier alpha value is -3.87. The second kappa shape index (κ2) is 16.2. The van der Waals surface area contributed by atoms with Gasteiger partial charge in [-0.05, 0) is 85.7 Å². The summed E-state index contributed by atoms with van der Waals surface area (Å²) in [5.41, 5.74) is 4.67. The van der Waals surface area contributed by atoms with Gasteiger partial charge in [0, 0.05) is 70.9 Å². The number of aliphatic hydroxyl groups is 2. The van der Waals surface area contributed by atoms with Gasteiger partial charge in [-0.2, -0.15) is 9.97 Å². The van der Waals surface area contributed by atoms with E-state index in [4.69, 9.17) is 4.98 Å². The van der Waals surface area contributed by atoms with Crippen molar-refractivity contribution < 1.29 is 15.0 Å². The highest BCUT2D eigenvalue weighted by atomic mass is 79.9. The van der Waals surface area contributed by atoms with Crippen LogP contribution in [0.15, 0.2) is 53.5 Å². The van der Waals surface area contributed by atoms with Gasteiger partial charge in [0.2, 0.25) is 11.9 Å². The molecule has 2 aliphatic carbocycles. The molecular weight excluding hydrogens is 684 g/mol. The fourth-order valence-corrected chi connectivity index (χ4v) is 7.37. The number of anilines is 2. The van der Waals surface area contributed by atoms with Crippen LogP contribution < -0.4 is 10.6 Å². The molecule has 4 N–H and O–H groups in total. The van der Waals surface area contributed by atoms with Crippen LogP contribution in [-0.2, 0) is 0 Å². The first-order valence-corrected chi connectivity index (χ1v) is 18.5. The molecule has 5 aromatic rings. The minimum absolute atomic E-state index is 0.136. The average molecular weight is 732 g/mol. The van der Waals surface area contributed by atoms with Crippen LogP contribution in [0, 0.1) is 0 Å². The number of hydrogen-bond donors (Lipinski definition) is 4. The number of carbonyl (C=O) groups excluding carboxylic acids is 1. The number of hydrogen-bond acceptors (Lipinski definition) is 9. The van der Waals surface area contributed by atoms with Crippen LogP contribution in [0.1, 0.15) is 100 Å². The molecule has 4 aromatic heterocycles. The van der Waals surface area contributed by atoms with Crippen LogP contribution >= 0.6 is 15.9 Å². The van der Waals surface area contributed by atoms with E-state index in [1.807, 2.05) is 36.7 Å². The van der Waals surface area contributed by atoms with Gasteiger partial charge in [-0.3, -0.25) is 4.79 Å². The molecule has 49 heavy (non-hydrogen) atoms. The quantitative estimate of drug-likeness (QED) is 0.106. The zero-order chi connectivity index (χ0) is 34.3. The van der Waals surface area contributed by atoms with E-state index in [9.17, 15) is 15.0 Å². The monoisotopic (exact) mass is 730 g/mol. The molecule has 11 nitrogen and oxygen atoms in total. The summed E-state index contributed by atoms with van der Waals surface area (Å²) in [6.45, 7) is 5.95. The number of fused-ring (bicyclic) bond motifs is 2. The summed E-state index contributed by atoms with van der Waals surface area (Å²) >= 11 is 3.60. The number of halogens is 1. The number of nitrogens with zero attached hydrogens (tertiary/aromatic N) is 6. The molecule has 0 atom stereocenters. The predicted molar refractivity (Wildman–Crippen MR) is 198 cm³/mol. The van der Waals surface area contributed by atoms with Gasteiger partial charge in [0.25, 0.3) is 0 Å². The van der Waals surface area contributed by atoms with Gasteiger partial charge >= 0.3 is 0 Å². The molecule has 4 heterocycles. The van der Waals surface area contributed by atoms with Crippen molar-refractivity contribution in [1.82, 2.24) is 29.1 Å². The number of aromatic nitrogens is 6.